The van der Waals surface area contributed by atoms with E-state index in [-0.39, 0.29) is 17.8 Å². The molecule has 1 aliphatic heterocycles. The monoisotopic (exact) mass is 348 g/mol. The van der Waals surface area contributed by atoms with Crippen LogP contribution in [0.3, 0.4) is 0 Å². The van der Waals surface area contributed by atoms with E-state index in [2.05, 4.69) is 0 Å². The van der Waals surface area contributed by atoms with Gasteiger partial charge in [-0.3, -0.25) is 4.57 Å². The molecule has 0 unspecified atom stereocenters. The highest BCUT2D eigenvalue weighted by atomic mass is 31.2. The maximum Gasteiger partial charge on any atom is 0.359 e. The number of carbonyl (C=O) groups is 1. The standard InChI is InChI=1S/C16H13O7P/c17-16(23-13-3-1-2-4-15(13)24(18,19)20)8-6-11-5-7-12-14(9-11)22-10-21-12/h1-9H,10H2,(H2,18,19,20). The van der Waals surface area contributed by atoms with Crippen molar-refractivity contribution in [3.8, 4) is 17.2 Å². The van der Waals surface area contributed by atoms with Crippen molar-refractivity contribution in [2.24, 2.45) is 0 Å². The van der Waals surface area contributed by atoms with E-state index in [0.29, 0.717) is 17.1 Å². The van der Waals surface area contributed by atoms with Crippen molar-refractivity contribution in [1.29, 1.82) is 0 Å². The molecule has 0 aromatic heterocycles. The molecular weight excluding hydrogens is 335 g/mol. The summed E-state index contributed by atoms with van der Waals surface area (Å²) in [5.41, 5.74) is 0.694. The Hall–Kier alpha value is -2.60. The molecule has 1 heterocycles. The summed E-state index contributed by atoms with van der Waals surface area (Å²) >= 11 is 0. The molecule has 0 fully saturated rings. The van der Waals surface area contributed by atoms with Crippen molar-refractivity contribution in [2.45, 2.75) is 0 Å². The topological polar surface area (TPSA) is 102 Å². The third-order valence-electron chi connectivity index (χ3n) is 3.20. The Morgan fingerprint density at radius 1 is 1.12 bits per heavy atom. The van der Waals surface area contributed by atoms with Crippen molar-refractivity contribution in [3.63, 3.8) is 0 Å². The lowest BCUT2D eigenvalue weighted by atomic mass is 10.2. The fraction of sp³-hybridized carbons (Fsp3) is 0.0625. The van der Waals surface area contributed by atoms with Crippen LogP contribution in [-0.4, -0.2) is 22.5 Å². The summed E-state index contributed by atoms with van der Waals surface area (Å²) in [6.07, 6.45) is 2.67. The van der Waals surface area contributed by atoms with Crippen LogP contribution in [0.5, 0.6) is 17.2 Å². The lowest BCUT2D eigenvalue weighted by Crippen LogP contribution is -2.13. The Kier molecular flexibility index (Phi) is 4.40. The van der Waals surface area contributed by atoms with E-state index in [1.54, 1.807) is 18.2 Å². The summed E-state index contributed by atoms with van der Waals surface area (Å²) in [7, 11) is -4.53. The highest BCUT2D eigenvalue weighted by Gasteiger charge is 2.23. The van der Waals surface area contributed by atoms with Gasteiger partial charge in [0.1, 0.15) is 11.1 Å². The average Bonchev–Trinajstić information content (AvgIpc) is 3.00. The number of carbonyl (C=O) groups excluding carboxylic acids is 1. The maximum atomic E-state index is 11.9. The highest BCUT2D eigenvalue weighted by molar-refractivity contribution is 7.60. The van der Waals surface area contributed by atoms with Crippen LogP contribution in [0.4, 0.5) is 0 Å². The van der Waals surface area contributed by atoms with E-state index in [4.69, 9.17) is 14.2 Å². The Balaban J connectivity index is 1.74. The highest BCUT2D eigenvalue weighted by Crippen LogP contribution is 2.37. The molecular formula is C16H13O7P. The first kappa shape index (κ1) is 16.3. The number of esters is 1. The van der Waals surface area contributed by atoms with Gasteiger partial charge in [-0.15, -0.1) is 0 Å². The second-order valence-electron chi connectivity index (χ2n) is 4.88. The van der Waals surface area contributed by atoms with Crippen molar-refractivity contribution >= 4 is 24.9 Å². The van der Waals surface area contributed by atoms with E-state index < -0.39 is 13.6 Å². The van der Waals surface area contributed by atoms with E-state index in [0.717, 1.165) is 6.08 Å². The molecule has 0 aliphatic carbocycles. The predicted molar refractivity (Wildman–Crippen MR) is 85.4 cm³/mol. The van der Waals surface area contributed by atoms with Gasteiger partial charge in [0.05, 0.1) is 0 Å². The van der Waals surface area contributed by atoms with Gasteiger partial charge >= 0.3 is 13.6 Å². The fourth-order valence-electron chi connectivity index (χ4n) is 2.11. The van der Waals surface area contributed by atoms with Gasteiger partial charge in [-0.1, -0.05) is 18.2 Å². The molecule has 8 heteroatoms. The van der Waals surface area contributed by atoms with Gasteiger partial charge in [-0.25, -0.2) is 4.79 Å². The molecule has 2 aromatic carbocycles. The number of fused-ring (bicyclic) bond motifs is 1. The molecule has 124 valence electrons. The molecule has 24 heavy (non-hydrogen) atoms. The first-order valence-electron chi connectivity index (χ1n) is 6.88. The molecule has 0 amide bonds. The Bertz CT molecular complexity index is 853. The van der Waals surface area contributed by atoms with Crippen molar-refractivity contribution in [1.82, 2.24) is 0 Å². The van der Waals surface area contributed by atoms with Gasteiger partial charge in [0.25, 0.3) is 0 Å². The second-order valence-corrected chi connectivity index (χ2v) is 6.45. The van der Waals surface area contributed by atoms with Crippen LogP contribution >= 0.6 is 7.60 Å². The molecule has 0 saturated heterocycles. The van der Waals surface area contributed by atoms with E-state index >= 15 is 0 Å². The van der Waals surface area contributed by atoms with Crippen LogP contribution in [0.15, 0.2) is 48.5 Å². The van der Waals surface area contributed by atoms with Crippen LogP contribution in [-0.2, 0) is 9.36 Å². The summed E-state index contributed by atoms with van der Waals surface area (Å²) in [5.74, 6) is 0.280. The number of para-hydroxylation sites is 1. The predicted octanol–water partition coefficient (Wildman–Crippen LogP) is 1.84. The van der Waals surface area contributed by atoms with E-state index in [9.17, 15) is 19.1 Å². The fourth-order valence-corrected chi connectivity index (χ4v) is 2.80. The minimum atomic E-state index is -4.53. The molecule has 7 nitrogen and oxygen atoms in total. The van der Waals surface area contributed by atoms with Gasteiger partial charge in [-0.05, 0) is 35.9 Å². The van der Waals surface area contributed by atoms with Crippen molar-refractivity contribution in [2.75, 3.05) is 6.79 Å². The van der Waals surface area contributed by atoms with Crippen LogP contribution < -0.4 is 19.5 Å². The third kappa shape index (κ3) is 3.65. The molecule has 1 aliphatic rings. The first-order chi connectivity index (χ1) is 11.4. The minimum absolute atomic E-state index is 0.156. The first-order valence-corrected chi connectivity index (χ1v) is 8.49. The van der Waals surface area contributed by atoms with E-state index in [1.165, 1.54) is 30.3 Å². The largest absolute Gasteiger partial charge is 0.454 e. The molecule has 0 saturated carbocycles. The summed E-state index contributed by atoms with van der Waals surface area (Å²) in [6.45, 7) is 0.156. The number of ether oxygens (including phenoxy) is 3. The maximum absolute atomic E-state index is 11.9. The van der Waals surface area contributed by atoms with Crippen LogP contribution in [0.25, 0.3) is 6.08 Å². The van der Waals surface area contributed by atoms with Crippen LogP contribution in [0.1, 0.15) is 5.56 Å². The molecule has 3 rings (SSSR count). The third-order valence-corrected chi connectivity index (χ3v) is 4.20. The lowest BCUT2D eigenvalue weighted by molar-refractivity contribution is -0.128. The quantitative estimate of drug-likeness (QED) is 0.376. The van der Waals surface area contributed by atoms with Gasteiger partial charge in [-0.2, -0.15) is 0 Å². The van der Waals surface area contributed by atoms with Crippen molar-refractivity contribution in [3.05, 3.63) is 54.1 Å². The molecule has 0 bridgehead atoms. The van der Waals surface area contributed by atoms with Crippen LogP contribution in [0, 0.1) is 0 Å². The summed E-state index contributed by atoms with van der Waals surface area (Å²) < 4.78 is 26.8. The Morgan fingerprint density at radius 2 is 1.88 bits per heavy atom. The minimum Gasteiger partial charge on any atom is -0.454 e. The van der Waals surface area contributed by atoms with Gasteiger partial charge in [0.2, 0.25) is 6.79 Å². The smallest absolute Gasteiger partial charge is 0.359 e. The molecule has 0 radical (unpaired) electrons. The summed E-state index contributed by atoms with van der Waals surface area (Å²) in [4.78, 5) is 30.4. The van der Waals surface area contributed by atoms with Crippen LogP contribution in [0.2, 0.25) is 0 Å². The molecule has 0 spiro atoms. The summed E-state index contributed by atoms with van der Waals surface area (Å²) in [6, 6.07) is 10.7. The van der Waals surface area contributed by atoms with Crippen molar-refractivity contribution < 1.29 is 33.4 Å². The molecule has 2 aromatic rings. The molecule has 2 N–H and O–H groups in total. The number of benzene rings is 2. The zero-order valence-electron chi connectivity index (χ0n) is 12.3. The zero-order valence-corrected chi connectivity index (χ0v) is 13.2. The lowest BCUT2D eigenvalue weighted by Gasteiger charge is -2.09. The Labute approximate surface area is 137 Å². The normalized spacial score (nSPS) is 13.2. The Morgan fingerprint density at radius 3 is 2.67 bits per heavy atom. The average molecular weight is 348 g/mol. The van der Waals surface area contributed by atoms with Gasteiger partial charge in [0.15, 0.2) is 11.5 Å². The van der Waals surface area contributed by atoms with Gasteiger partial charge in [0, 0.05) is 6.08 Å². The number of hydrogen-bond donors (Lipinski definition) is 2. The van der Waals surface area contributed by atoms with Gasteiger partial charge < -0.3 is 24.0 Å². The summed E-state index contributed by atoms with van der Waals surface area (Å²) in [5, 5.41) is -0.338. The second kappa shape index (κ2) is 6.49. The zero-order chi connectivity index (χ0) is 17.2. The SMILES string of the molecule is O=C(C=Cc1ccc2c(c1)OCO2)Oc1ccccc1P(=O)(O)O. The molecule has 0 atom stereocenters. The number of hydrogen-bond acceptors (Lipinski definition) is 5. The van der Waals surface area contributed by atoms with E-state index in [1.807, 2.05) is 0 Å². The number of rotatable bonds is 4.